The Hall–Kier alpha value is -3.70. The molecule has 0 amide bonds. The lowest BCUT2D eigenvalue weighted by Gasteiger charge is -2.42. The molecular formula is C28H21NO3S. The summed E-state index contributed by atoms with van der Waals surface area (Å²) in [7, 11) is -3.76. The van der Waals surface area contributed by atoms with Crippen molar-refractivity contribution in [2.24, 2.45) is 0 Å². The Balaban J connectivity index is 1.61. The van der Waals surface area contributed by atoms with Crippen LogP contribution in [0.1, 0.15) is 40.9 Å². The smallest absolute Gasteiger partial charge is 0.208 e. The van der Waals surface area contributed by atoms with E-state index in [4.69, 9.17) is 0 Å². The molecule has 0 aromatic heterocycles. The van der Waals surface area contributed by atoms with Crippen LogP contribution in [0.25, 0.3) is 0 Å². The molecule has 0 atom stereocenters. The fraction of sp³-hybridized carbons (Fsp3) is 0.107. The van der Waals surface area contributed by atoms with Gasteiger partial charge in [-0.05, 0) is 53.6 Å². The number of sulfone groups is 1. The first kappa shape index (κ1) is 19.9. The van der Waals surface area contributed by atoms with Crippen molar-refractivity contribution >= 4 is 32.7 Å². The van der Waals surface area contributed by atoms with Crippen molar-refractivity contribution in [1.29, 1.82) is 0 Å². The predicted molar refractivity (Wildman–Crippen MR) is 129 cm³/mol. The maximum atomic E-state index is 13.3. The highest BCUT2D eigenvalue weighted by molar-refractivity contribution is 7.91. The van der Waals surface area contributed by atoms with Crippen LogP contribution in [0.3, 0.4) is 0 Å². The van der Waals surface area contributed by atoms with E-state index in [-0.39, 0.29) is 32.1 Å². The van der Waals surface area contributed by atoms with Crippen molar-refractivity contribution in [3.8, 4) is 0 Å². The normalized spacial score (nSPS) is 16.9. The van der Waals surface area contributed by atoms with Crippen molar-refractivity contribution in [1.82, 2.24) is 0 Å². The summed E-state index contributed by atoms with van der Waals surface area (Å²) in [6.45, 7) is 4.42. The molecule has 4 nitrogen and oxygen atoms in total. The number of fused-ring (bicyclic) bond motifs is 4. The van der Waals surface area contributed by atoms with E-state index >= 15 is 0 Å². The molecule has 2 aliphatic heterocycles. The first-order valence-electron chi connectivity index (χ1n) is 10.8. The average molecular weight is 452 g/mol. The largest absolute Gasteiger partial charge is 0.310 e. The summed E-state index contributed by atoms with van der Waals surface area (Å²) in [6, 6.07) is 28.0. The molecule has 162 valence electrons. The molecule has 4 aromatic rings. The standard InChI is InChI=1S/C28H21NO3S/c1-28(2)21-10-4-6-12-23(21)29(24-13-7-5-11-22(24)28)18-15-16-26-20(17-18)27(30)19-9-3-8-14-25(19)33(26,31)32/h3-17H,1-2H3. The van der Waals surface area contributed by atoms with E-state index in [1.165, 1.54) is 17.2 Å². The van der Waals surface area contributed by atoms with Crippen molar-refractivity contribution in [2.75, 3.05) is 4.90 Å². The Kier molecular flexibility index (Phi) is 4.02. The zero-order valence-electron chi connectivity index (χ0n) is 18.2. The number of ketones is 1. The number of para-hydroxylation sites is 2. The van der Waals surface area contributed by atoms with E-state index in [9.17, 15) is 13.2 Å². The Morgan fingerprint density at radius 1 is 0.667 bits per heavy atom. The highest BCUT2D eigenvalue weighted by atomic mass is 32.2. The molecular weight excluding hydrogens is 430 g/mol. The second-order valence-electron chi connectivity index (χ2n) is 9.00. The Bertz CT molecular complexity index is 1540. The van der Waals surface area contributed by atoms with Crippen molar-refractivity contribution in [3.63, 3.8) is 0 Å². The number of hydrogen-bond acceptors (Lipinski definition) is 4. The SMILES string of the molecule is CC1(C)c2ccccc2N(c2ccc3c(c2)C(=O)c2ccccc2S3(=O)=O)c2ccccc21. The molecule has 0 fully saturated rings. The lowest BCUT2D eigenvalue weighted by Crippen LogP contribution is -2.30. The van der Waals surface area contributed by atoms with Crippen LogP contribution in [0, 0.1) is 0 Å². The monoisotopic (exact) mass is 451 g/mol. The summed E-state index contributed by atoms with van der Waals surface area (Å²) in [5, 5.41) is 0. The lowest BCUT2D eigenvalue weighted by atomic mass is 9.73. The number of carbonyl (C=O) groups excluding carboxylic acids is 1. The summed E-state index contributed by atoms with van der Waals surface area (Å²) >= 11 is 0. The zero-order chi connectivity index (χ0) is 23.0. The van der Waals surface area contributed by atoms with Gasteiger partial charge in [-0.3, -0.25) is 4.79 Å². The molecule has 0 aliphatic carbocycles. The minimum Gasteiger partial charge on any atom is -0.310 e. The van der Waals surface area contributed by atoms with Crippen LogP contribution in [-0.4, -0.2) is 14.2 Å². The third kappa shape index (κ3) is 2.63. The third-order valence-electron chi connectivity index (χ3n) is 6.81. The van der Waals surface area contributed by atoms with Gasteiger partial charge in [-0.15, -0.1) is 0 Å². The molecule has 0 N–H and O–H groups in total. The quantitative estimate of drug-likeness (QED) is 0.306. The summed E-state index contributed by atoms with van der Waals surface area (Å²) in [5.74, 6) is -0.267. The maximum Gasteiger partial charge on any atom is 0.208 e. The molecule has 0 saturated carbocycles. The number of anilines is 3. The van der Waals surface area contributed by atoms with Gasteiger partial charge < -0.3 is 4.90 Å². The fourth-order valence-corrected chi connectivity index (χ4v) is 6.80. The first-order chi connectivity index (χ1) is 15.8. The van der Waals surface area contributed by atoms with Gasteiger partial charge in [0.15, 0.2) is 5.78 Å². The molecule has 5 heteroatoms. The van der Waals surface area contributed by atoms with E-state index in [1.54, 1.807) is 36.4 Å². The van der Waals surface area contributed by atoms with Gasteiger partial charge in [-0.1, -0.05) is 62.4 Å². The van der Waals surface area contributed by atoms with Crippen LogP contribution >= 0.6 is 0 Å². The Labute approximate surface area is 193 Å². The average Bonchev–Trinajstić information content (AvgIpc) is 2.83. The van der Waals surface area contributed by atoms with Gasteiger partial charge in [0.05, 0.1) is 21.2 Å². The molecule has 0 saturated heterocycles. The minimum absolute atomic E-state index is 0.0638. The van der Waals surface area contributed by atoms with E-state index in [2.05, 4.69) is 43.0 Å². The van der Waals surface area contributed by atoms with Gasteiger partial charge in [0.2, 0.25) is 9.84 Å². The summed E-state index contributed by atoms with van der Waals surface area (Å²) in [4.78, 5) is 15.6. The summed E-state index contributed by atoms with van der Waals surface area (Å²) < 4.78 is 26.5. The fourth-order valence-electron chi connectivity index (χ4n) is 5.17. The van der Waals surface area contributed by atoms with Gasteiger partial charge in [-0.25, -0.2) is 8.42 Å². The molecule has 4 aromatic carbocycles. The maximum absolute atomic E-state index is 13.3. The molecule has 6 rings (SSSR count). The highest BCUT2D eigenvalue weighted by Crippen LogP contribution is 2.52. The topological polar surface area (TPSA) is 54.5 Å². The van der Waals surface area contributed by atoms with Crippen molar-refractivity contribution in [3.05, 3.63) is 113 Å². The van der Waals surface area contributed by atoms with E-state index in [0.29, 0.717) is 0 Å². The van der Waals surface area contributed by atoms with Crippen LogP contribution in [0.4, 0.5) is 17.1 Å². The lowest BCUT2D eigenvalue weighted by molar-refractivity contribution is 0.103. The number of benzene rings is 4. The Morgan fingerprint density at radius 2 is 1.21 bits per heavy atom. The molecule has 2 heterocycles. The van der Waals surface area contributed by atoms with Gasteiger partial charge in [0, 0.05) is 22.2 Å². The summed E-state index contributed by atoms with van der Waals surface area (Å²) in [5.41, 5.74) is 5.38. The third-order valence-corrected chi connectivity index (χ3v) is 8.68. The highest BCUT2D eigenvalue weighted by Gasteiger charge is 2.38. The van der Waals surface area contributed by atoms with Gasteiger partial charge >= 0.3 is 0 Å². The summed E-state index contributed by atoms with van der Waals surface area (Å²) in [6.07, 6.45) is 0. The van der Waals surface area contributed by atoms with Gasteiger partial charge in [0.25, 0.3) is 0 Å². The number of hydrogen-bond donors (Lipinski definition) is 0. The van der Waals surface area contributed by atoms with E-state index < -0.39 is 9.84 Å². The second kappa shape index (κ2) is 6.65. The van der Waals surface area contributed by atoms with Crippen LogP contribution in [0.2, 0.25) is 0 Å². The minimum atomic E-state index is -3.76. The predicted octanol–water partition coefficient (Wildman–Crippen LogP) is 6.17. The zero-order valence-corrected chi connectivity index (χ0v) is 19.1. The van der Waals surface area contributed by atoms with E-state index in [1.807, 2.05) is 24.3 Å². The van der Waals surface area contributed by atoms with Crippen LogP contribution in [-0.2, 0) is 15.3 Å². The van der Waals surface area contributed by atoms with E-state index in [0.717, 1.165) is 17.1 Å². The Morgan fingerprint density at radius 3 is 1.88 bits per heavy atom. The first-order valence-corrected chi connectivity index (χ1v) is 12.3. The van der Waals surface area contributed by atoms with Crippen molar-refractivity contribution in [2.45, 2.75) is 29.1 Å². The molecule has 0 unspecified atom stereocenters. The van der Waals surface area contributed by atoms with Gasteiger partial charge in [0.1, 0.15) is 0 Å². The molecule has 33 heavy (non-hydrogen) atoms. The van der Waals surface area contributed by atoms with Crippen LogP contribution in [0.5, 0.6) is 0 Å². The number of rotatable bonds is 1. The van der Waals surface area contributed by atoms with Crippen molar-refractivity contribution < 1.29 is 13.2 Å². The van der Waals surface area contributed by atoms with Crippen LogP contribution in [0.15, 0.2) is 101 Å². The number of carbonyl (C=O) groups is 1. The second-order valence-corrected chi connectivity index (χ2v) is 10.9. The van der Waals surface area contributed by atoms with Gasteiger partial charge in [-0.2, -0.15) is 0 Å². The molecule has 0 radical (unpaired) electrons. The van der Waals surface area contributed by atoms with Crippen LogP contribution < -0.4 is 4.90 Å². The number of nitrogens with zero attached hydrogens (tertiary/aromatic N) is 1. The molecule has 0 bridgehead atoms. The molecule has 2 aliphatic rings. The molecule has 0 spiro atoms.